The largest absolute Gasteiger partial charge is 0.323 e. The van der Waals surface area contributed by atoms with E-state index in [1.165, 1.54) is 16.9 Å². The van der Waals surface area contributed by atoms with Crippen LogP contribution in [0.15, 0.2) is 41.7 Å². The molecule has 3 rings (SSSR count). The molecule has 0 atom stereocenters. The maximum Gasteiger partial charge on any atom is 0.276 e. The molecule has 0 saturated carbocycles. The van der Waals surface area contributed by atoms with Crippen molar-refractivity contribution in [2.75, 3.05) is 0 Å². The number of H-pyrrole nitrogens is 1. The Hall–Kier alpha value is -2.50. The molecule has 0 aliphatic heterocycles. The first-order valence-electron chi connectivity index (χ1n) is 4.68. The monoisotopic (exact) mass is 213 g/mol. The molecule has 1 N–H and O–H groups in total. The molecule has 0 radical (unpaired) electrons. The van der Waals surface area contributed by atoms with Gasteiger partial charge in [0.2, 0.25) is 5.78 Å². The molecule has 3 aromatic heterocycles. The Morgan fingerprint density at radius 3 is 2.88 bits per heavy atom. The van der Waals surface area contributed by atoms with Crippen molar-refractivity contribution in [3.63, 3.8) is 0 Å². The molecule has 0 aliphatic rings. The summed E-state index contributed by atoms with van der Waals surface area (Å²) in [5.41, 5.74) is 1.38. The lowest BCUT2D eigenvalue weighted by molar-refractivity contribution is 0.900. The zero-order valence-corrected chi connectivity index (χ0v) is 8.16. The average molecular weight is 213 g/mol. The third kappa shape index (κ3) is 1.28. The number of aromatic nitrogens is 5. The number of hydrogen-bond acceptors (Lipinski definition) is 4. The topological polar surface area (TPSA) is 75.9 Å². The standard InChI is InChI=1S/C10H7N5O/c16-9-5-8(7-1-3-11-4-2-7)14-10-12-6-13-15(9)10/h1-6H,(H,12,13,14). The minimum absolute atomic E-state index is 0.210. The molecular formula is C10H7N5O. The quantitative estimate of drug-likeness (QED) is 0.637. The predicted octanol–water partition coefficient (Wildman–Crippen LogP) is 0.480. The van der Waals surface area contributed by atoms with Crippen LogP contribution >= 0.6 is 0 Å². The van der Waals surface area contributed by atoms with E-state index in [4.69, 9.17) is 0 Å². The Labute approximate surface area is 89.6 Å². The summed E-state index contributed by atoms with van der Waals surface area (Å²) < 4.78 is 1.21. The van der Waals surface area contributed by atoms with Gasteiger partial charge in [-0.2, -0.15) is 14.6 Å². The highest BCUT2D eigenvalue weighted by Gasteiger charge is 2.04. The second-order valence-electron chi connectivity index (χ2n) is 3.25. The van der Waals surface area contributed by atoms with Gasteiger partial charge in [-0.05, 0) is 12.1 Å². The molecule has 0 saturated heterocycles. The van der Waals surface area contributed by atoms with Crippen LogP contribution in [0.5, 0.6) is 0 Å². The number of aromatic amines is 1. The van der Waals surface area contributed by atoms with Gasteiger partial charge in [-0.1, -0.05) is 0 Å². The average Bonchev–Trinajstić information content (AvgIpc) is 2.79. The molecular weight excluding hydrogens is 206 g/mol. The van der Waals surface area contributed by atoms with Crippen molar-refractivity contribution in [3.05, 3.63) is 47.3 Å². The van der Waals surface area contributed by atoms with E-state index in [1.54, 1.807) is 12.4 Å². The smallest absolute Gasteiger partial charge is 0.276 e. The van der Waals surface area contributed by atoms with E-state index in [0.717, 1.165) is 5.56 Å². The van der Waals surface area contributed by atoms with E-state index in [9.17, 15) is 4.79 Å². The Kier molecular flexibility index (Phi) is 1.79. The van der Waals surface area contributed by atoms with Crippen molar-refractivity contribution in [1.82, 2.24) is 24.6 Å². The lowest BCUT2D eigenvalue weighted by atomic mass is 10.2. The lowest BCUT2D eigenvalue weighted by Crippen LogP contribution is -2.14. The van der Waals surface area contributed by atoms with Crippen LogP contribution in [-0.4, -0.2) is 24.6 Å². The molecule has 6 heteroatoms. The molecule has 0 amide bonds. The Balaban J connectivity index is 2.30. The Morgan fingerprint density at radius 1 is 1.25 bits per heavy atom. The summed E-state index contributed by atoms with van der Waals surface area (Å²) in [6, 6.07) is 5.12. The van der Waals surface area contributed by atoms with Gasteiger partial charge in [0.15, 0.2) is 0 Å². The minimum Gasteiger partial charge on any atom is -0.323 e. The van der Waals surface area contributed by atoms with Gasteiger partial charge in [-0.3, -0.25) is 9.78 Å². The zero-order valence-electron chi connectivity index (χ0n) is 8.16. The first kappa shape index (κ1) is 8.78. The predicted molar refractivity (Wildman–Crippen MR) is 56.8 cm³/mol. The molecule has 0 aromatic carbocycles. The molecule has 0 spiro atoms. The maximum absolute atomic E-state index is 11.7. The molecule has 3 aromatic rings. The van der Waals surface area contributed by atoms with Crippen molar-refractivity contribution < 1.29 is 0 Å². The molecule has 16 heavy (non-hydrogen) atoms. The number of fused-ring (bicyclic) bond motifs is 1. The molecule has 0 unspecified atom stereocenters. The van der Waals surface area contributed by atoms with Crippen LogP contribution in [0.25, 0.3) is 17.0 Å². The third-order valence-electron chi connectivity index (χ3n) is 2.26. The summed E-state index contributed by atoms with van der Waals surface area (Å²) in [6.45, 7) is 0. The van der Waals surface area contributed by atoms with E-state index in [1.807, 2.05) is 12.1 Å². The highest BCUT2D eigenvalue weighted by Crippen LogP contribution is 2.13. The van der Waals surface area contributed by atoms with Crippen LogP contribution < -0.4 is 5.56 Å². The Bertz CT molecular complexity index is 685. The van der Waals surface area contributed by atoms with E-state index >= 15 is 0 Å². The molecule has 0 fully saturated rings. The maximum atomic E-state index is 11.7. The number of nitrogens with one attached hydrogen (secondary N) is 1. The molecule has 6 nitrogen and oxygen atoms in total. The number of hydrogen-bond donors (Lipinski definition) is 1. The van der Waals surface area contributed by atoms with Crippen molar-refractivity contribution in [2.45, 2.75) is 0 Å². The fourth-order valence-corrected chi connectivity index (χ4v) is 1.52. The summed E-state index contributed by atoms with van der Waals surface area (Å²) in [5.74, 6) is 0.430. The van der Waals surface area contributed by atoms with Crippen LogP contribution in [0.2, 0.25) is 0 Å². The van der Waals surface area contributed by atoms with Crippen molar-refractivity contribution in [3.8, 4) is 11.3 Å². The van der Waals surface area contributed by atoms with Gasteiger partial charge in [0.05, 0.1) is 5.69 Å². The van der Waals surface area contributed by atoms with Crippen LogP contribution in [0, 0.1) is 0 Å². The zero-order chi connectivity index (χ0) is 11.0. The third-order valence-corrected chi connectivity index (χ3v) is 2.26. The molecule has 78 valence electrons. The van der Waals surface area contributed by atoms with E-state index in [0.29, 0.717) is 11.5 Å². The summed E-state index contributed by atoms with van der Waals surface area (Å²) in [5, 5.41) is 3.80. The highest BCUT2D eigenvalue weighted by atomic mass is 16.1. The molecule has 0 aliphatic carbocycles. The number of rotatable bonds is 1. The fraction of sp³-hybridized carbons (Fsp3) is 0. The van der Waals surface area contributed by atoms with Crippen molar-refractivity contribution >= 4 is 5.78 Å². The van der Waals surface area contributed by atoms with E-state index < -0.39 is 0 Å². The van der Waals surface area contributed by atoms with Crippen molar-refractivity contribution in [2.24, 2.45) is 0 Å². The second kappa shape index (κ2) is 3.27. The van der Waals surface area contributed by atoms with Gasteiger partial charge in [-0.25, -0.2) is 0 Å². The minimum atomic E-state index is -0.210. The van der Waals surface area contributed by atoms with Gasteiger partial charge < -0.3 is 4.98 Å². The molecule has 3 heterocycles. The summed E-state index contributed by atoms with van der Waals surface area (Å²) in [6.07, 6.45) is 4.67. The van der Waals surface area contributed by atoms with E-state index in [-0.39, 0.29) is 5.56 Å². The normalized spacial score (nSPS) is 10.8. The number of nitrogens with zero attached hydrogens (tertiary/aromatic N) is 4. The first-order valence-corrected chi connectivity index (χ1v) is 4.68. The van der Waals surface area contributed by atoms with Gasteiger partial charge in [0, 0.05) is 24.0 Å². The molecule has 0 bridgehead atoms. The second-order valence-corrected chi connectivity index (χ2v) is 3.25. The fourth-order valence-electron chi connectivity index (χ4n) is 1.52. The van der Waals surface area contributed by atoms with E-state index in [2.05, 4.69) is 20.1 Å². The summed E-state index contributed by atoms with van der Waals surface area (Å²) in [4.78, 5) is 22.6. The Morgan fingerprint density at radius 2 is 2.06 bits per heavy atom. The van der Waals surface area contributed by atoms with Gasteiger partial charge in [0.25, 0.3) is 5.56 Å². The van der Waals surface area contributed by atoms with Crippen LogP contribution in [-0.2, 0) is 0 Å². The first-order chi connectivity index (χ1) is 7.84. The summed E-state index contributed by atoms with van der Waals surface area (Å²) >= 11 is 0. The SMILES string of the molecule is O=c1cc(-c2ccncc2)[nH]c2ncnn12. The van der Waals surface area contributed by atoms with Gasteiger partial charge in [0.1, 0.15) is 6.33 Å². The van der Waals surface area contributed by atoms with Crippen LogP contribution in [0.1, 0.15) is 0 Å². The van der Waals surface area contributed by atoms with Gasteiger partial charge >= 0.3 is 0 Å². The number of pyridine rings is 1. The summed E-state index contributed by atoms with van der Waals surface area (Å²) in [7, 11) is 0. The van der Waals surface area contributed by atoms with Crippen molar-refractivity contribution in [1.29, 1.82) is 0 Å². The van der Waals surface area contributed by atoms with Crippen LogP contribution in [0.4, 0.5) is 0 Å². The van der Waals surface area contributed by atoms with Crippen LogP contribution in [0.3, 0.4) is 0 Å². The lowest BCUT2D eigenvalue weighted by Gasteiger charge is -2.00. The van der Waals surface area contributed by atoms with Gasteiger partial charge in [-0.15, -0.1) is 0 Å². The highest BCUT2D eigenvalue weighted by molar-refractivity contribution is 5.59.